The number of rotatable bonds is 5. The third-order valence-electron chi connectivity index (χ3n) is 5.79. The number of nitrogens with zero attached hydrogens (tertiary/aromatic N) is 1. The van der Waals surface area contributed by atoms with Gasteiger partial charge in [0.1, 0.15) is 0 Å². The Hall–Kier alpha value is -2.92. The number of piperidine rings is 1. The highest BCUT2D eigenvalue weighted by Crippen LogP contribution is 2.26. The van der Waals surface area contributed by atoms with Crippen molar-refractivity contribution >= 4 is 33.4 Å². The van der Waals surface area contributed by atoms with Crippen molar-refractivity contribution in [2.45, 2.75) is 19.3 Å². The molecule has 1 aliphatic heterocycles. The number of likely N-dealkylation sites (tertiary alicyclic amines) is 1. The van der Waals surface area contributed by atoms with Crippen molar-refractivity contribution in [3.8, 4) is 0 Å². The summed E-state index contributed by atoms with van der Waals surface area (Å²) in [5, 5.41) is 2.91. The Bertz CT molecular complexity index is 1060. The smallest absolute Gasteiger partial charge is 0.256 e. The average molecular weight is 477 g/mol. The second kappa shape index (κ2) is 9.92. The molecule has 2 amide bonds. The van der Waals surface area contributed by atoms with Gasteiger partial charge in [-0.15, -0.1) is 0 Å². The van der Waals surface area contributed by atoms with E-state index in [-0.39, 0.29) is 11.8 Å². The highest BCUT2D eigenvalue weighted by atomic mass is 79.9. The third-order valence-corrected chi connectivity index (χ3v) is 6.48. The number of amides is 2. The first-order valence-corrected chi connectivity index (χ1v) is 11.4. The first-order valence-electron chi connectivity index (χ1n) is 10.6. The number of para-hydroxylation sites is 1. The van der Waals surface area contributed by atoms with Gasteiger partial charge in [-0.3, -0.25) is 9.59 Å². The van der Waals surface area contributed by atoms with E-state index < -0.39 is 0 Å². The number of anilines is 1. The summed E-state index contributed by atoms with van der Waals surface area (Å²) in [5.41, 5.74) is 2.96. The van der Waals surface area contributed by atoms with Crippen molar-refractivity contribution < 1.29 is 9.59 Å². The van der Waals surface area contributed by atoms with E-state index in [1.54, 1.807) is 18.2 Å². The van der Waals surface area contributed by atoms with Crippen LogP contribution in [0.15, 0.2) is 83.3 Å². The summed E-state index contributed by atoms with van der Waals surface area (Å²) in [6.45, 7) is 1.48. The molecule has 0 radical (unpaired) electrons. The molecular formula is C26H25BrN2O2. The van der Waals surface area contributed by atoms with Crippen LogP contribution in [0.25, 0.3) is 0 Å². The fourth-order valence-electron chi connectivity index (χ4n) is 4.07. The van der Waals surface area contributed by atoms with Gasteiger partial charge in [-0.05, 0) is 70.9 Å². The molecule has 31 heavy (non-hydrogen) atoms. The second-order valence-corrected chi connectivity index (χ2v) is 8.76. The lowest BCUT2D eigenvalue weighted by molar-refractivity contribution is 0.0691. The third kappa shape index (κ3) is 5.23. The number of carbonyl (C=O) groups excluding carboxylic acids is 2. The van der Waals surface area contributed by atoms with Gasteiger partial charge in [0, 0.05) is 17.6 Å². The molecule has 1 aliphatic rings. The zero-order valence-electron chi connectivity index (χ0n) is 17.3. The summed E-state index contributed by atoms with van der Waals surface area (Å²) in [6, 6.07) is 25.0. The molecule has 4 rings (SSSR count). The lowest BCUT2D eigenvalue weighted by atomic mass is 9.90. The first kappa shape index (κ1) is 21.3. The topological polar surface area (TPSA) is 49.4 Å². The van der Waals surface area contributed by atoms with Gasteiger partial charge in [0.2, 0.25) is 0 Å². The molecule has 1 heterocycles. The number of carbonyl (C=O) groups is 2. The number of hydrogen-bond donors (Lipinski definition) is 1. The van der Waals surface area contributed by atoms with Crippen LogP contribution in [-0.2, 0) is 6.42 Å². The fraction of sp³-hybridized carbons (Fsp3) is 0.231. The van der Waals surface area contributed by atoms with Gasteiger partial charge in [-0.25, -0.2) is 0 Å². The summed E-state index contributed by atoms with van der Waals surface area (Å²) >= 11 is 3.41. The number of halogens is 1. The molecule has 1 fully saturated rings. The van der Waals surface area contributed by atoms with E-state index in [1.165, 1.54) is 5.56 Å². The average Bonchev–Trinajstić information content (AvgIpc) is 2.80. The summed E-state index contributed by atoms with van der Waals surface area (Å²) in [5.74, 6) is 0.326. The summed E-state index contributed by atoms with van der Waals surface area (Å²) in [7, 11) is 0. The number of nitrogens with one attached hydrogen (secondary N) is 1. The molecule has 1 saturated heterocycles. The van der Waals surface area contributed by atoms with Gasteiger partial charge >= 0.3 is 0 Å². The van der Waals surface area contributed by atoms with Crippen LogP contribution in [0.1, 0.15) is 39.1 Å². The number of hydrogen-bond acceptors (Lipinski definition) is 2. The molecule has 3 aromatic carbocycles. The van der Waals surface area contributed by atoms with E-state index in [2.05, 4.69) is 45.5 Å². The van der Waals surface area contributed by atoms with Crippen molar-refractivity contribution in [1.82, 2.24) is 4.90 Å². The quantitative estimate of drug-likeness (QED) is 0.505. The van der Waals surface area contributed by atoms with E-state index in [9.17, 15) is 9.59 Å². The van der Waals surface area contributed by atoms with Crippen molar-refractivity contribution in [3.05, 3.63) is 100 Å². The van der Waals surface area contributed by atoms with Crippen LogP contribution in [0.2, 0.25) is 0 Å². The maximum absolute atomic E-state index is 13.2. The predicted molar refractivity (Wildman–Crippen MR) is 127 cm³/mol. The normalized spacial score (nSPS) is 14.3. The molecular weight excluding hydrogens is 452 g/mol. The highest BCUT2D eigenvalue weighted by molar-refractivity contribution is 9.10. The SMILES string of the molecule is O=C(Nc1ccccc1C(=O)N1CCC(Cc2ccccc2)CC1)c1ccccc1Br. The van der Waals surface area contributed by atoms with Crippen molar-refractivity contribution in [3.63, 3.8) is 0 Å². The van der Waals surface area contributed by atoms with Gasteiger partial charge in [-0.1, -0.05) is 54.6 Å². The zero-order valence-corrected chi connectivity index (χ0v) is 18.8. The van der Waals surface area contributed by atoms with E-state index in [1.807, 2.05) is 41.3 Å². The van der Waals surface area contributed by atoms with Crippen LogP contribution in [0.4, 0.5) is 5.69 Å². The van der Waals surface area contributed by atoms with Crippen LogP contribution in [0.3, 0.4) is 0 Å². The van der Waals surface area contributed by atoms with Crippen molar-refractivity contribution in [1.29, 1.82) is 0 Å². The monoisotopic (exact) mass is 476 g/mol. The van der Waals surface area contributed by atoms with Crippen molar-refractivity contribution in [2.75, 3.05) is 18.4 Å². The molecule has 0 spiro atoms. The molecule has 0 aliphatic carbocycles. The maximum Gasteiger partial charge on any atom is 0.256 e. The largest absolute Gasteiger partial charge is 0.339 e. The van der Waals surface area contributed by atoms with E-state index >= 15 is 0 Å². The molecule has 0 saturated carbocycles. The Balaban J connectivity index is 1.41. The van der Waals surface area contributed by atoms with Gasteiger partial charge in [0.25, 0.3) is 11.8 Å². The lowest BCUT2D eigenvalue weighted by Gasteiger charge is -2.32. The maximum atomic E-state index is 13.2. The number of benzene rings is 3. The molecule has 4 nitrogen and oxygen atoms in total. The Morgan fingerprint density at radius 3 is 2.16 bits per heavy atom. The minimum absolute atomic E-state index is 0.0267. The standard InChI is InChI=1S/C26H25BrN2O2/c27-23-12-6-4-10-21(23)25(30)28-24-13-7-5-11-22(24)26(31)29-16-14-20(15-17-29)18-19-8-2-1-3-9-19/h1-13,20H,14-18H2,(H,28,30). The Kier molecular flexibility index (Phi) is 6.82. The molecule has 158 valence electrons. The summed E-state index contributed by atoms with van der Waals surface area (Å²) < 4.78 is 0.719. The van der Waals surface area contributed by atoms with E-state index in [0.29, 0.717) is 22.7 Å². The van der Waals surface area contributed by atoms with Crippen LogP contribution in [0, 0.1) is 5.92 Å². The first-order chi connectivity index (χ1) is 15.1. The molecule has 0 atom stereocenters. The van der Waals surface area contributed by atoms with Crippen LogP contribution < -0.4 is 5.32 Å². The molecule has 1 N–H and O–H groups in total. The highest BCUT2D eigenvalue weighted by Gasteiger charge is 2.25. The minimum Gasteiger partial charge on any atom is -0.339 e. The lowest BCUT2D eigenvalue weighted by Crippen LogP contribution is -2.39. The molecule has 3 aromatic rings. The minimum atomic E-state index is -0.241. The van der Waals surface area contributed by atoms with E-state index in [0.717, 1.165) is 36.8 Å². The Labute approximate surface area is 191 Å². The molecule has 0 unspecified atom stereocenters. The van der Waals surface area contributed by atoms with E-state index in [4.69, 9.17) is 0 Å². The molecule has 5 heteroatoms. The van der Waals surface area contributed by atoms with Gasteiger partial charge in [0.05, 0.1) is 16.8 Å². The summed E-state index contributed by atoms with van der Waals surface area (Å²) in [4.78, 5) is 27.9. The van der Waals surface area contributed by atoms with Crippen LogP contribution in [-0.4, -0.2) is 29.8 Å². The Morgan fingerprint density at radius 2 is 1.45 bits per heavy atom. The predicted octanol–water partition coefficient (Wildman–Crippen LogP) is 5.80. The summed E-state index contributed by atoms with van der Waals surface area (Å²) in [6.07, 6.45) is 3.04. The molecule has 0 aromatic heterocycles. The van der Waals surface area contributed by atoms with Gasteiger partial charge in [0.15, 0.2) is 0 Å². The fourth-order valence-corrected chi connectivity index (χ4v) is 4.54. The van der Waals surface area contributed by atoms with Crippen LogP contribution in [0.5, 0.6) is 0 Å². The second-order valence-electron chi connectivity index (χ2n) is 7.90. The zero-order chi connectivity index (χ0) is 21.6. The Morgan fingerprint density at radius 1 is 0.839 bits per heavy atom. The van der Waals surface area contributed by atoms with Gasteiger partial charge in [-0.2, -0.15) is 0 Å². The van der Waals surface area contributed by atoms with Crippen molar-refractivity contribution in [2.24, 2.45) is 5.92 Å². The molecule has 0 bridgehead atoms. The van der Waals surface area contributed by atoms with Gasteiger partial charge < -0.3 is 10.2 Å². The van der Waals surface area contributed by atoms with Crippen LogP contribution >= 0.6 is 15.9 Å².